The molecule has 1 N–H and O–H groups in total. The summed E-state index contributed by atoms with van der Waals surface area (Å²) in [7, 11) is 0. The van der Waals surface area contributed by atoms with Crippen molar-refractivity contribution in [3.8, 4) is 0 Å². The lowest BCUT2D eigenvalue weighted by atomic mass is 10.0. The number of amides is 1. The molecule has 1 aromatic heterocycles. The molecule has 0 spiro atoms. The van der Waals surface area contributed by atoms with Crippen LogP contribution in [0.5, 0.6) is 0 Å². The van der Waals surface area contributed by atoms with E-state index in [1.54, 1.807) is 12.4 Å². The number of rotatable bonds is 2. The molecule has 0 radical (unpaired) electrons. The fourth-order valence-electron chi connectivity index (χ4n) is 1.20. The molecule has 0 aliphatic carbocycles. The lowest BCUT2D eigenvalue weighted by Gasteiger charge is -2.11. The predicted octanol–water partition coefficient (Wildman–Crippen LogP) is 2.16. The number of hydrogen-bond donors (Lipinski definition) is 1. The lowest BCUT2D eigenvalue weighted by Crippen LogP contribution is -2.08. The van der Waals surface area contributed by atoms with Gasteiger partial charge in [0, 0.05) is 13.1 Å². The topological polar surface area (TPSA) is 42.0 Å². The maximum absolute atomic E-state index is 10.8. The fraction of sp³-hybridized carbons (Fsp3) is 0.400. The van der Waals surface area contributed by atoms with Gasteiger partial charge in [-0.15, -0.1) is 0 Å². The molecule has 0 saturated carbocycles. The van der Waals surface area contributed by atoms with Crippen LogP contribution < -0.4 is 5.32 Å². The number of carbonyl (C=O) groups is 1. The smallest absolute Gasteiger partial charge is 0.221 e. The SMILES string of the molecule is CC(=O)Nc1cnccc1C(C)C. The molecule has 0 bridgehead atoms. The van der Waals surface area contributed by atoms with E-state index in [9.17, 15) is 4.79 Å². The van der Waals surface area contributed by atoms with Gasteiger partial charge in [-0.3, -0.25) is 9.78 Å². The Bertz CT molecular complexity index is 308. The molecule has 0 fully saturated rings. The summed E-state index contributed by atoms with van der Waals surface area (Å²) < 4.78 is 0. The van der Waals surface area contributed by atoms with Crippen LogP contribution in [0.3, 0.4) is 0 Å². The van der Waals surface area contributed by atoms with Crippen LogP contribution in [-0.4, -0.2) is 10.9 Å². The minimum Gasteiger partial charge on any atom is -0.325 e. The number of pyridine rings is 1. The van der Waals surface area contributed by atoms with Crippen molar-refractivity contribution in [1.82, 2.24) is 4.98 Å². The van der Waals surface area contributed by atoms with Crippen LogP contribution in [0.4, 0.5) is 5.69 Å². The maximum Gasteiger partial charge on any atom is 0.221 e. The minimum atomic E-state index is -0.0603. The van der Waals surface area contributed by atoms with Gasteiger partial charge in [0.25, 0.3) is 0 Å². The summed E-state index contributed by atoms with van der Waals surface area (Å²) in [5, 5.41) is 2.75. The van der Waals surface area contributed by atoms with E-state index in [2.05, 4.69) is 24.1 Å². The first kappa shape index (κ1) is 9.71. The second-order valence-corrected chi connectivity index (χ2v) is 3.30. The summed E-state index contributed by atoms with van der Waals surface area (Å²) in [6.45, 7) is 5.67. The van der Waals surface area contributed by atoms with Crippen LogP contribution in [0.1, 0.15) is 32.3 Å². The van der Waals surface area contributed by atoms with E-state index < -0.39 is 0 Å². The van der Waals surface area contributed by atoms with Crippen molar-refractivity contribution >= 4 is 11.6 Å². The third kappa shape index (κ3) is 2.54. The molecule has 0 unspecified atom stereocenters. The summed E-state index contributed by atoms with van der Waals surface area (Å²) in [4.78, 5) is 14.8. The molecular weight excluding hydrogens is 164 g/mol. The summed E-state index contributed by atoms with van der Waals surface area (Å²) >= 11 is 0. The minimum absolute atomic E-state index is 0.0603. The third-order valence-corrected chi connectivity index (χ3v) is 1.79. The van der Waals surface area contributed by atoms with Crippen molar-refractivity contribution in [2.75, 3.05) is 5.32 Å². The Kier molecular flexibility index (Phi) is 3.01. The molecule has 3 nitrogen and oxygen atoms in total. The van der Waals surface area contributed by atoms with Gasteiger partial charge in [-0.2, -0.15) is 0 Å². The van der Waals surface area contributed by atoms with Crippen LogP contribution in [0.25, 0.3) is 0 Å². The van der Waals surface area contributed by atoms with Gasteiger partial charge in [-0.25, -0.2) is 0 Å². The zero-order chi connectivity index (χ0) is 9.84. The first-order valence-corrected chi connectivity index (χ1v) is 4.32. The van der Waals surface area contributed by atoms with Crippen LogP contribution >= 0.6 is 0 Å². The Morgan fingerprint density at radius 3 is 2.77 bits per heavy atom. The van der Waals surface area contributed by atoms with Gasteiger partial charge >= 0.3 is 0 Å². The summed E-state index contributed by atoms with van der Waals surface area (Å²) in [6, 6.07) is 1.93. The van der Waals surface area contributed by atoms with E-state index in [4.69, 9.17) is 0 Å². The van der Waals surface area contributed by atoms with E-state index in [1.807, 2.05) is 6.07 Å². The zero-order valence-electron chi connectivity index (χ0n) is 8.16. The largest absolute Gasteiger partial charge is 0.325 e. The number of aromatic nitrogens is 1. The highest BCUT2D eigenvalue weighted by atomic mass is 16.1. The first-order chi connectivity index (χ1) is 6.11. The van der Waals surface area contributed by atoms with Crippen molar-refractivity contribution in [3.05, 3.63) is 24.0 Å². The number of carbonyl (C=O) groups excluding carboxylic acids is 1. The number of nitrogens with zero attached hydrogens (tertiary/aromatic N) is 1. The normalized spacial score (nSPS) is 10.2. The standard InChI is InChI=1S/C10H14N2O/c1-7(2)9-4-5-11-6-10(9)12-8(3)13/h4-7H,1-3H3,(H,12,13). The zero-order valence-corrected chi connectivity index (χ0v) is 8.16. The van der Waals surface area contributed by atoms with Gasteiger partial charge in [0.05, 0.1) is 11.9 Å². The number of anilines is 1. The highest BCUT2D eigenvalue weighted by molar-refractivity contribution is 5.89. The first-order valence-electron chi connectivity index (χ1n) is 4.32. The van der Waals surface area contributed by atoms with E-state index >= 15 is 0 Å². The third-order valence-electron chi connectivity index (χ3n) is 1.79. The van der Waals surface area contributed by atoms with E-state index in [-0.39, 0.29) is 5.91 Å². The Balaban J connectivity index is 2.97. The van der Waals surface area contributed by atoms with Crippen molar-refractivity contribution in [2.45, 2.75) is 26.7 Å². The Hall–Kier alpha value is -1.38. The number of nitrogens with one attached hydrogen (secondary N) is 1. The molecule has 70 valence electrons. The van der Waals surface area contributed by atoms with Gasteiger partial charge in [-0.05, 0) is 17.5 Å². The molecule has 0 aliphatic heterocycles. The van der Waals surface area contributed by atoms with Crippen molar-refractivity contribution < 1.29 is 4.79 Å². The molecule has 1 aromatic rings. The van der Waals surface area contributed by atoms with Crippen molar-refractivity contribution in [3.63, 3.8) is 0 Å². The van der Waals surface area contributed by atoms with Crippen LogP contribution in [-0.2, 0) is 4.79 Å². The Labute approximate surface area is 78.2 Å². The maximum atomic E-state index is 10.8. The molecule has 0 aliphatic rings. The van der Waals surface area contributed by atoms with E-state index in [0.29, 0.717) is 5.92 Å². The van der Waals surface area contributed by atoms with Gasteiger partial charge in [0.15, 0.2) is 0 Å². The van der Waals surface area contributed by atoms with Gasteiger partial charge in [0.2, 0.25) is 5.91 Å². The fourth-order valence-corrected chi connectivity index (χ4v) is 1.20. The average molecular weight is 178 g/mol. The number of hydrogen-bond acceptors (Lipinski definition) is 2. The molecule has 1 heterocycles. The molecule has 0 aromatic carbocycles. The van der Waals surface area contributed by atoms with Crippen molar-refractivity contribution in [1.29, 1.82) is 0 Å². The van der Waals surface area contributed by atoms with Crippen LogP contribution in [0.15, 0.2) is 18.5 Å². The summed E-state index contributed by atoms with van der Waals surface area (Å²) in [5.74, 6) is 0.333. The van der Waals surface area contributed by atoms with Gasteiger partial charge in [0.1, 0.15) is 0 Å². The molecule has 13 heavy (non-hydrogen) atoms. The lowest BCUT2D eigenvalue weighted by molar-refractivity contribution is -0.114. The van der Waals surface area contributed by atoms with Gasteiger partial charge < -0.3 is 5.32 Å². The highest BCUT2D eigenvalue weighted by Gasteiger charge is 2.06. The summed E-state index contributed by atoms with van der Waals surface area (Å²) in [6.07, 6.45) is 3.41. The second kappa shape index (κ2) is 4.03. The van der Waals surface area contributed by atoms with Gasteiger partial charge in [-0.1, -0.05) is 13.8 Å². The Morgan fingerprint density at radius 1 is 1.54 bits per heavy atom. The van der Waals surface area contributed by atoms with Crippen LogP contribution in [0.2, 0.25) is 0 Å². The molecule has 1 rings (SSSR count). The quantitative estimate of drug-likeness (QED) is 0.754. The molecule has 0 saturated heterocycles. The van der Waals surface area contributed by atoms with E-state index in [1.165, 1.54) is 6.92 Å². The monoisotopic (exact) mass is 178 g/mol. The molecule has 0 atom stereocenters. The second-order valence-electron chi connectivity index (χ2n) is 3.30. The predicted molar refractivity (Wildman–Crippen MR) is 52.6 cm³/mol. The highest BCUT2D eigenvalue weighted by Crippen LogP contribution is 2.22. The molecule has 1 amide bonds. The molecule has 3 heteroatoms. The summed E-state index contributed by atoms with van der Waals surface area (Å²) in [5.41, 5.74) is 1.93. The van der Waals surface area contributed by atoms with Crippen LogP contribution in [0, 0.1) is 0 Å². The Morgan fingerprint density at radius 2 is 2.23 bits per heavy atom. The van der Waals surface area contributed by atoms with Crippen molar-refractivity contribution in [2.24, 2.45) is 0 Å². The van der Waals surface area contributed by atoms with E-state index in [0.717, 1.165) is 11.3 Å². The molecular formula is C10H14N2O. The average Bonchev–Trinajstić information content (AvgIpc) is 2.03.